The number of carbonyl (C=O) groups excluding carboxylic acids is 2. The van der Waals surface area contributed by atoms with Gasteiger partial charge in [0.25, 0.3) is 0 Å². The van der Waals surface area contributed by atoms with Crippen LogP contribution in [0, 0.1) is 13.8 Å². The Morgan fingerprint density at radius 2 is 1.96 bits per heavy atom. The Bertz CT molecular complexity index is 610. The van der Waals surface area contributed by atoms with Crippen molar-refractivity contribution in [1.29, 1.82) is 0 Å². The van der Waals surface area contributed by atoms with Gasteiger partial charge < -0.3 is 20.7 Å². The molecule has 1 aromatic carbocycles. The second-order valence-corrected chi connectivity index (χ2v) is 6.74. The van der Waals surface area contributed by atoms with Crippen molar-refractivity contribution in [2.24, 2.45) is 5.73 Å². The summed E-state index contributed by atoms with van der Waals surface area (Å²) in [5, 5.41) is 2.56. The molecule has 25 heavy (non-hydrogen) atoms. The van der Waals surface area contributed by atoms with E-state index >= 15 is 0 Å². The molecule has 1 aromatic rings. The number of carbonyl (C=O) groups is 2. The molecule has 3 N–H and O–H groups in total. The number of rotatable bonds is 6. The maximum absolute atomic E-state index is 12.6. The van der Waals surface area contributed by atoms with Crippen LogP contribution in [0.15, 0.2) is 18.2 Å². The van der Waals surface area contributed by atoms with Crippen LogP contribution in [-0.2, 0) is 4.79 Å². The maximum atomic E-state index is 12.6. The molecule has 6 heteroatoms. The van der Waals surface area contributed by atoms with Crippen molar-refractivity contribution < 1.29 is 14.3 Å². The van der Waals surface area contributed by atoms with Crippen molar-refractivity contribution in [1.82, 2.24) is 10.2 Å². The number of hydrogen-bond acceptors (Lipinski definition) is 3. The molecule has 6 nitrogen and oxygen atoms in total. The molecule has 138 valence electrons. The van der Waals surface area contributed by atoms with Gasteiger partial charge in [-0.3, -0.25) is 4.79 Å². The van der Waals surface area contributed by atoms with Gasteiger partial charge in [-0.25, -0.2) is 4.79 Å². The van der Waals surface area contributed by atoms with Crippen LogP contribution in [0.4, 0.5) is 4.79 Å². The third-order valence-electron chi connectivity index (χ3n) is 4.73. The molecule has 2 rings (SSSR count). The molecule has 1 aliphatic heterocycles. The SMILES string of the molecule is CCC[C@@H](NC(N)=O)C(=O)N1CCC(Oc2ccc(C)c(C)c2)CC1. The van der Waals surface area contributed by atoms with E-state index in [-0.39, 0.29) is 12.0 Å². The van der Waals surface area contributed by atoms with Crippen LogP contribution in [0.5, 0.6) is 5.75 Å². The Morgan fingerprint density at radius 1 is 1.28 bits per heavy atom. The van der Waals surface area contributed by atoms with E-state index in [2.05, 4.69) is 31.3 Å². The van der Waals surface area contributed by atoms with E-state index in [4.69, 9.17) is 10.5 Å². The average Bonchev–Trinajstić information content (AvgIpc) is 2.57. The van der Waals surface area contributed by atoms with Crippen LogP contribution in [0.2, 0.25) is 0 Å². The highest BCUT2D eigenvalue weighted by Crippen LogP contribution is 2.22. The third-order valence-corrected chi connectivity index (χ3v) is 4.73. The van der Waals surface area contributed by atoms with Gasteiger partial charge in [0, 0.05) is 25.9 Å². The van der Waals surface area contributed by atoms with E-state index in [0.29, 0.717) is 19.5 Å². The first-order valence-corrected chi connectivity index (χ1v) is 8.99. The van der Waals surface area contributed by atoms with Gasteiger partial charge in [-0.15, -0.1) is 0 Å². The quantitative estimate of drug-likeness (QED) is 0.829. The fourth-order valence-electron chi connectivity index (χ4n) is 3.11. The summed E-state index contributed by atoms with van der Waals surface area (Å²) in [5.41, 5.74) is 7.64. The molecule has 0 saturated carbocycles. The molecule has 1 saturated heterocycles. The van der Waals surface area contributed by atoms with E-state index in [1.165, 1.54) is 11.1 Å². The number of likely N-dealkylation sites (tertiary alicyclic amines) is 1. The second kappa shape index (κ2) is 8.74. The zero-order valence-electron chi connectivity index (χ0n) is 15.4. The van der Waals surface area contributed by atoms with Gasteiger partial charge in [0.1, 0.15) is 17.9 Å². The minimum atomic E-state index is -0.653. The third kappa shape index (κ3) is 5.37. The highest BCUT2D eigenvalue weighted by atomic mass is 16.5. The topological polar surface area (TPSA) is 84.7 Å². The van der Waals surface area contributed by atoms with Gasteiger partial charge in [-0.2, -0.15) is 0 Å². The molecular formula is C19H29N3O3. The van der Waals surface area contributed by atoms with E-state index in [9.17, 15) is 9.59 Å². The van der Waals surface area contributed by atoms with Crippen LogP contribution in [0.1, 0.15) is 43.7 Å². The van der Waals surface area contributed by atoms with Crippen LogP contribution in [0.3, 0.4) is 0 Å². The average molecular weight is 347 g/mol. The molecule has 0 spiro atoms. The summed E-state index contributed by atoms with van der Waals surface area (Å²) in [5.74, 6) is 0.831. The molecule has 0 unspecified atom stereocenters. The smallest absolute Gasteiger partial charge is 0.312 e. The van der Waals surface area contributed by atoms with Gasteiger partial charge in [0.2, 0.25) is 5.91 Å². The monoisotopic (exact) mass is 347 g/mol. The van der Waals surface area contributed by atoms with E-state index in [1.807, 2.05) is 13.0 Å². The number of nitrogens with zero attached hydrogens (tertiary/aromatic N) is 1. The zero-order valence-corrected chi connectivity index (χ0v) is 15.4. The largest absolute Gasteiger partial charge is 0.490 e. The Morgan fingerprint density at radius 3 is 2.52 bits per heavy atom. The fourth-order valence-corrected chi connectivity index (χ4v) is 3.11. The number of amides is 3. The normalized spacial score (nSPS) is 16.4. The first-order chi connectivity index (χ1) is 11.9. The number of nitrogens with two attached hydrogens (primary N) is 1. The van der Waals surface area contributed by atoms with Crippen molar-refractivity contribution in [3.8, 4) is 5.75 Å². The number of urea groups is 1. The lowest BCUT2D eigenvalue weighted by Crippen LogP contribution is -2.52. The molecule has 1 fully saturated rings. The number of benzene rings is 1. The van der Waals surface area contributed by atoms with Gasteiger partial charge >= 0.3 is 6.03 Å². The number of ether oxygens (including phenoxy) is 1. The van der Waals surface area contributed by atoms with Crippen LogP contribution < -0.4 is 15.8 Å². The number of nitrogens with one attached hydrogen (secondary N) is 1. The molecule has 0 radical (unpaired) electrons. The number of hydrogen-bond donors (Lipinski definition) is 2. The van der Waals surface area contributed by atoms with E-state index in [0.717, 1.165) is 25.0 Å². The molecule has 3 amide bonds. The summed E-state index contributed by atoms with van der Waals surface area (Å²) in [4.78, 5) is 25.5. The summed E-state index contributed by atoms with van der Waals surface area (Å²) >= 11 is 0. The van der Waals surface area contributed by atoms with Crippen LogP contribution in [-0.4, -0.2) is 42.1 Å². The summed E-state index contributed by atoms with van der Waals surface area (Å²) in [7, 11) is 0. The molecule has 1 heterocycles. The minimum absolute atomic E-state index is 0.0507. The predicted octanol–water partition coefficient (Wildman–Crippen LogP) is 2.51. The number of piperidine rings is 1. The molecule has 0 aromatic heterocycles. The van der Waals surface area contributed by atoms with Crippen LogP contribution in [0.25, 0.3) is 0 Å². The van der Waals surface area contributed by atoms with Gasteiger partial charge in [0.05, 0.1) is 0 Å². The summed E-state index contributed by atoms with van der Waals surface area (Å²) in [6, 6.07) is 4.93. The summed E-state index contributed by atoms with van der Waals surface area (Å²) < 4.78 is 6.06. The predicted molar refractivity (Wildman–Crippen MR) is 97.6 cm³/mol. The summed E-state index contributed by atoms with van der Waals surface area (Å²) in [6.07, 6.45) is 3.09. The highest BCUT2D eigenvalue weighted by Gasteiger charge is 2.29. The van der Waals surface area contributed by atoms with Crippen molar-refractivity contribution in [3.05, 3.63) is 29.3 Å². The molecule has 1 aliphatic rings. The molecule has 0 aliphatic carbocycles. The maximum Gasteiger partial charge on any atom is 0.312 e. The highest BCUT2D eigenvalue weighted by molar-refractivity contribution is 5.86. The lowest BCUT2D eigenvalue weighted by Gasteiger charge is -2.34. The van der Waals surface area contributed by atoms with Crippen LogP contribution >= 0.6 is 0 Å². The van der Waals surface area contributed by atoms with E-state index in [1.54, 1.807) is 4.90 Å². The van der Waals surface area contributed by atoms with Gasteiger partial charge in [0.15, 0.2) is 0 Å². The molecular weight excluding hydrogens is 318 g/mol. The summed E-state index contributed by atoms with van der Waals surface area (Å²) in [6.45, 7) is 7.40. The lowest BCUT2D eigenvalue weighted by atomic mass is 10.0. The molecule has 1 atom stereocenters. The standard InChI is InChI=1S/C19H29N3O3/c1-4-5-17(21-19(20)24)18(23)22-10-8-15(9-11-22)25-16-7-6-13(2)14(3)12-16/h6-7,12,15,17H,4-5,8-11H2,1-3H3,(H3,20,21,24)/t17-/m1/s1. The lowest BCUT2D eigenvalue weighted by molar-refractivity contribution is -0.135. The number of primary amides is 1. The van der Waals surface area contributed by atoms with Crippen molar-refractivity contribution in [2.45, 2.75) is 58.6 Å². The first-order valence-electron chi connectivity index (χ1n) is 8.99. The number of aryl methyl sites for hydroxylation is 2. The fraction of sp³-hybridized carbons (Fsp3) is 0.579. The Labute approximate surface area is 149 Å². The van der Waals surface area contributed by atoms with E-state index < -0.39 is 12.1 Å². The van der Waals surface area contributed by atoms with Gasteiger partial charge in [-0.1, -0.05) is 19.4 Å². The van der Waals surface area contributed by atoms with Crippen molar-refractivity contribution >= 4 is 11.9 Å². The minimum Gasteiger partial charge on any atom is -0.490 e. The Balaban J connectivity index is 1.88. The Hall–Kier alpha value is -2.24. The first kappa shape index (κ1) is 19.1. The molecule has 0 bridgehead atoms. The van der Waals surface area contributed by atoms with Crippen molar-refractivity contribution in [2.75, 3.05) is 13.1 Å². The Kier molecular flexibility index (Phi) is 6.67. The van der Waals surface area contributed by atoms with Crippen molar-refractivity contribution in [3.63, 3.8) is 0 Å². The second-order valence-electron chi connectivity index (χ2n) is 6.74. The zero-order chi connectivity index (χ0) is 18.4. The van der Waals surface area contributed by atoms with Gasteiger partial charge in [-0.05, 0) is 43.5 Å².